The summed E-state index contributed by atoms with van der Waals surface area (Å²) >= 11 is 0. The molecule has 8 nitrogen and oxygen atoms in total. The number of nitrogens with zero attached hydrogens (tertiary/aromatic N) is 2. The third kappa shape index (κ3) is 2.96. The van der Waals surface area contributed by atoms with Crippen molar-refractivity contribution in [1.82, 2.24) is 15.0 Å². The molecule has 0 amide bonds. The lowest BCUT2D eigenvalue weighted by Crippen LogP contribution is -2.12. The van der Waals surface area contributed by atoms with Crippen LogP contribution >= 0.6 is 0 Å². The predicted octanol–water partition coefficient (Wildman–Crippen LogP) is 3.46. The lowest BCUT2D eigenvalue weighted by molar-refractivity contribution is -0.134. The highest BCUT2D eigenvalue weighted by Gasteiger charge is 2.36. The number of benzene rings is 1. The molecule has 0 saturated carbocycles. The monoisotopic (exact) mass is 398 g/mol. The van der Waals surface area contributed by atoms with Crippen molar-refractivity contribution in [3.05, 3.63) is 83.8 Å². The molecule has 3 aromatic heterocycles. The fourth-order valence-electron chi connectivity index (χ4n) is 3.33. The Bertz CT molecular complexity index is 1400. The Morgan fingerprint density at radius 3 is 2.83 bits per heavy atom. The van der Waals surface area contributed by atoms with Gasteiger partial charge >= 0.3 is 5.97 Å². The fourth-order valence-corrected chi connectivity index (χ4v) is 3.33. The van der Waals surface area contributed by atoms with Gasteiger partial charge in [0.25, 0.3) is 0 Å². The molecule has 8 heteroatoms. The van der Waals surface area contributed by atoms with Gasteiger partial charge in [0.1, 0.15) is 5.65 Å². The first-order chi connectivity index (χ1) is 14.6. The average Bonchev–Trinajstić information content (AvgIpc) is 3.29. The number of carboxylic acids is 1. The molecule has 0 aliphatic carbocycles. The van der Waals surface area contributed by atoms with Crippen molar-refractivity contribution in [2.45, 2.75) is 0 Å². The molecule has 5 rings (SSSR count). The third-order valence-electron chi connectivity index (χ3n) is 4.73. The number of aromatic amines is 1. The smallest absolute Gasteiger partial charge is 0.345 e. The second-order valence-corrected chi connectivity index (χ2v) is 6.63. The Balaban J connectivity index is 1.50. The summed E-state index contributed by atoms with van der Waals surface area (Å²) in [5.41, 5.74) is 2.25. The predicted molar refractivity (Wildman–Crippen MR) is 110 cm³/mol. The van der Waals surface area contributed by atoms with Crippen molar-refractivity contribution >= 4 is 45.5 Å². The average molecular weight is 398 g/mol. The molecule has 0 fully saturated rings. The summed E-state index contributed by atoms with van der Waals surface area (Å²) in [6.07, 6.45) is 6.53. The number of carboxylic acid groups (broad SMARTS) is 1. The summed E-state index contributed by atoms with van der Waals surface area (Å²) in [5, 5.41) is 14.1. The van der Waals surface area contributed by atoms with E-state index in [1.54, 1.807) is 48.9 Å². The van der Waals surface area contributed by atoms with Crippen LogP contribution < -0.4 is 5.32 Å². The summed E-state index contributed by atoms with van der Waals surface area (Å²) in [6.45, 7) is 0. The van der Waals surface area contributed by atoms with E-state index in [9.17, 15) is 14.7 Å². The minimum atomic E-state index is -1.37. The van der Waals surface area contributed by atoms with E-state index in [1.165, 1.54) is 6.08 Å². The number of hydrogen-bond acceptors (Lipinski definition) is 6. The Morgan fingerprint density at radius 1 is 1.13 bits per heavy atom. The molecule has 0 atom stereocenters. The van der Waals surface area contributed by atoms with Crippen molar-refractivity contribution in [3.8, 4) is 0 Å². The lowest BCUT2D eigenvalue weighted by atomic mass is 10.1. The first kappa shape index (κ1) is 17.6. The van der Waals surface area contributed by atoms with Crippen molar-refractivity contribution in [2.24, 2.45) is 0 Å². The first-order valence-corrected chi connectivity index (χ1v) is 9.06. The highest BCUT2D eigenvalue weighted by Crippen LogP contribution is 2.30. The maximum absolute atomic E-state index is 12.7. The lowest BCUT2D eigenvalue weighted by Gasteiger charge is -2.09. The number of rotatable bonds is 4. The molecule has 4 aromatic rings. The van der Waals surface area contributed by atoms with Crippen LogP contribution in [0.5, 0.6) is 0 Å². The van der Waals surface area contributed by atoms with E-state index in [0.29, 0.717) is 16.9 Å². The number of H-pyrrole nitrogens is 1. The second-order valence-electron chi connectivity index (χ2n) is 6.63. The van der Waals surface area contributed by atoms with E-state index in [1.807, 2.05) is 12.1 Å². The van der Waals surface area contributed by atoms with Crippen LogP contribution in [-0.4, -0.2) is 31.8 Å². The molecule has 0 radical (unpaired) electrons. The molecule has 1 aliphatic rings. The number of aromatic nitrogens is 3. The van der Waals surface area contributed by atoms with E-state index in [2.05, 4.69) is 20.3 Å². The molecular formula is C22H14N4O4. The second kappa shape index (κ2) is 6.85. The van der Waals surface area contributed by atoms with Gasteiger partial charge in [-0.3, -0.25) is 9.78 Å². The number of anilines is 1. The first-order valence-electron chi connectivity index (χ1n) is 9.06. The molecule has 3 N–H and O–H groups in total. The number of carbonyl (C=O) groups excluding carboxylic acids is 1. The van der Waals surface area contributed by atoms with Crippen molar-refractivity contribution in [3.63, 3.8) is 0 Å². The number of Topliss-reactive ketones (excluding diaryl/α,β-unsaturated/α-hetero) is 1. The van der Waals surface area contributed by atoms with Gasteiger partial charge in [-0.15, -0.1) is 0 Å². The maximum Gasteiger partial charge on any atom is 0.345 e. The summed E-state index contributed by atoms with van der Waals surface area (Å²) in [7, 11) is 0. The standard InChI is InChI=1S/C22H14N4O4/c27-19-17(10-13-11-25-20-15(13)4-2-8-24-20)30-21(18(19)22(28)29)26-14-5-6-16-12(9-14)3-1-7-23-16/h1-11,26H,(H,24,25)(H,28,29). The molecule has 0 saturated heterocycles. The molecule has 0 unspecified atom stereocenters. The number of fused-ring (bicyclic) bond motifs is 2. The molecule has 30 heavy (non-hydrogen) atoms. The molecule has 1 aromatic carbocycles. The molecule has 4 heterocycles. The van der Waals surface area contributed by atoms with Crippen LogP contribution in [0, 0.1) is 0 Å². The quantitative estimate of drug-likeness (QED) is 0.356. The van der Waals surface area contributed by atoms with Gasteiger partial charge < -0.3 is 20.1 Å². The van der Waals surface area contributed by atoms with Crippen LogP contribution in [0.15, 0.2) is 78.3 Å². The Kier molecular flexibility index (Phi) is 4.03. The molecule has 1 aliphatic heterocycles. The normalized spacial score (nSPS) is 15.2. The van der Waals surface area contributed by atoms with Crippen LogP contribution in [0.25, 0.3) is 28.0 Å². The van der Waals surface area contributed by atoms with Gasteiger partial charge in [0.15, 0.2) is 11.3 Å². The number of carbonyl (C=O) groups is 2. The molecular weight excluding hydrogens is 384 g/mol. The highest BCUT2D eigenvalue weighted by molar-refractivity contribution is 6.26. The molecule has 0 spiro atoms. The topological polar surface area (TPSA) is 117 Å². The van der Waals surface area contributed by atoms with E-state index in [4.69, 9.17) is 4.74 Å². The Morgan fingerprint density at radius 2 is 1.97 bits per heavy atom. The number of pyridine rings is 2. The van der Waals surface area contributed by atoms with Crippen LogP contribution in [-0.2, 0) is 14.3 Å². The zero-order valence-electron chi connectivity index (χ0n) is 15.4. The van der Waals surface area contributed by atoms with Crippen molar-refractivity contribution in [2.75, 3.05) is 5.32 Å². The highest BCUT2D eigenvalue weighted by atomic mass is 16.5. The van der Waals surface area contributed by atoms with E-state index >= 15 is 0 Å². The Hall–Kier alpha value is -4.46. The van der Waals surface area contributed by atoms with E-state index < -0.39 is 17.3 Å². The summed E-state index contributed by atoms with van der Waals surface area (Å²) in [6, 6.07) is 12.7. The van der Waals surface area contributed by atoms with Gasteiger partial charge in [0, 0.05) is 40.6 Å². The third-order valence-corrected chi connectivity index (χ3v) is 4.73. The number of ketones is 1. The van der Waals surface area contributed by atoms with Gasteiger partial charge in [0.05, 0.1) is 5.52 Å². The summed E-state index contributed by atoms with van der Waals surface area (Å²) in [4.78, 5) is 35.9. The Labute approximate surface area is 169 Å². The van der Waals surface area contributed by atoms with Crippen LogP contribution in [0.4, 0.5) is 5.69 Å². The fraction of sp³-hybridized carbons (Fsp3) is 0. The number of hydrogen-bond donors (Lipinski definition) is 3. The molecule has 0 bridgehead atoms. The van der Waals surface area contributed by atoms with E-state index in [-0.39, 0.29) is 11.6 Å². The number of allylic oxidation sites excluding steroid dienone is 1. The van der Waals surface area contributed by atoms with Crippen molar-refractivity contribution < 1.29 is 19.4 Å². The zero-order valence-corrected chi connectivity index (χ0v) is 15.4. The van der Waals surface area contributed by atoms with Gasteiger partial charge in [-0.1, -0.05) is 6.07 Å². The molecule has 146 valence electrons. The number of ether oxygens (including phenoxy) is 1. The van der Waals surface area contributed by atoms with E-state index in [0.717, 1.165) is 16.3 Å². The van der Waals surface area contributed by atoms with Gasteiger partial charge in [-0.25, -0.2) is 9.78 Å². The van der Waals surface area contributed by atoms with Crippen LogP contribution in [0.2, 0.25) is 0 Å². The van der Waals surface area contributed by atoms with Crippen molar-refractivity contribution in [1.29, 1.82) is 0 Å². The van der Waals surface area contributed by atoms with Gasteiger partial charge in [-0.2, -0.15) is 0 Å². The van der Waals surface area contributed by atoms with Crippen LogP contribution in [0.3, 0.4) is 0 Å². The van der Waals surface area contributed by atoms with Gasteiger partial charge in [-0.05, 0) is 42.5 Å². The number of nitrogens with one attached hydrogen (secondary N) is 2. The van der Waals surface area contributed by atoms with Gasteiger partial charge in [0.2, 0.25) is 11.7 Å². The summed E-state index contributed by atoms with van der Waals surface area (Å²) in [5.74, 6) is -2.28. The SMILES string of the molecule is O=C(O)C1=C(Nc2ccc3ncccc3c2)OC(=Cc2c[nH]c3ncccc23)C1=O. The maximum atomic E-state index is 12.7. The largest absolute Gasteiger partial charge is 0.477 e. The van der Waals surface area contributed by atoms with Crippen LogP contribution in [0.1, 0.15) is 5.56 Å². The summed E-state index contributed by atoms with van der Waals surface area (Å²) < 4.78 is 5.64. The zero-order chi connectivity index (χ0) is 20.7. The minimum absolute atomic E-state index is 0.0814. The minimum Gasteiger partial charge on any atom is -0.477 e. The number of aliphatic carboxylic acids is 1.